The van der Waals surface area contributed by atoms with Crippen LogP contribution in [0, 0.1) is 11.8 Å². The van der Waals surface area contributed by atoms with E-state index in [-0.39, 0.29) is 5.92 Å². The zero-order valence-electron chi connectivity index (χ0n) is 18.1. The van der Waals surface area contributed by atoms with E-state index in [0.717, 1.165) is 15.8 Å². The van der Waals surface area contributed by atoms with E-state index >= 15 is 0 Å². The van der Waals surface area contributed by atoms with Crippen molar-refractivity contribution in [3.05, 3.63) is 46.1 Å². The maximum Gasteiger partial charge on any atom is 0.318 e. The Balaban J connectivity index is 2.05. The molecule has 4 nitrogen and oxygen atoms in total. The molecule has 0 unspecified atom stereocenters. The lowest BCUT2D eigenvalue weighted by atomic mass is 9.73. The Hall–Kier alpha value is -1.40. The Morgan fingerprint density at radius 1 is 0.966 bits per heavy atom. The minimum atomic E-state index is -2.15. The van der Waals surface area contributed by atoms with Crippen molar-refractivity contribution in [2.24, 2.45) is 11.8 Å². The zero-order chi connectivity index (χ0) is 21.5. The van der Waals surface area contributed by atoms with Gasteiger partial charge in [-0.3, -0.25) is 9.59 Å². The van der Waals surface area contributed by atoms with Crippen molar-refractivity contribution in [1.82, 2.24) is 0 Å². The van der Waals surface area contributed by atoms with Gasteiger partial charge >= 0.3 is 11.9 Å². The van der Waals surface area contributed by atoms with Crippen LogP contribution in [0.1, 0.15) is 59.4 Å². The van der Waals surface area contributed by atoms with Gasteiger partial charge in [-0.25, -0.2) is 0 Å². The molecule has 1 aromatic carbocycles. The lowest BCUT2D eigenvalue weighted by Gasteiger charge is -2.44. The quantitative estimate of drug-likeness (QED) is 0.272. The molecule has 0 spiro atoms. The fourth-order valence-electron chi connectivity index (χ4n) is 5.39. The summed E-state index contributed by atoms with van der Waals surface area (Å²) in [5.41, 5.74) is 2.31. The molecule has 0 N–H and O–H groups in total. The molecule has 2 aliphatic rings. The molecule has 0 radical (unpaired) electrons. The molecule has 1 fully saturated rings. The maximum atomic E-state index is 12.5. The highest BCUT2D eigenvalue weighted by Crippen LogP contribution is 2.49. The first-order chi connectivity index (χ1) is 13.6. The topological polar surface area (TPSA) is 52.6 Å². The molecule has 29 heavy (non-hydrogen) atoms. The number of cyclic esters (lactones) is 2. The van der Waals surface area contributed by atoms with Crippen LogP contribution in [0.3, 0.4) is 0 Å². The smallest absolute Gasteiger partial charge is 0.318 e. The third-order valence-electron chi connectivity index (χ3n) is 6.65. The Labute approximate surface area is 183 Å². The second-order valence-corrected chi connectivity index (χ2v) is 15.5. The lowest BCUT2D eigenvalue weighted by Crippen LogP contribution is -2.48. The van der Waals surface area contributed by atoms with E-state index in [0.29, 0.717) is 23.0 Å². The summed E-state index contributed by atoms with van der Waals surface area (Å²) >= 11 is 3.47. The van der Waals surface area contributed by atoms with Crippen LogP contribution in [-0.4, -0.2) is 20.3 Å². The van der Waals surface area contributed by atoms with Crippen molar-refractivity contribution in [2.45, 2.75) is 70.5 Å². The van der Waals surface area contributed by atoms with E-state index in [9.17, 15) is 9.59 Å². The first-order valence-corrected chi connectivity index (χ1v) is 13.4. The molecular formula is C23H31BrO4Si. The Morgan fingerprint density at radius 2 is 1.52 bits per heavy atom. The van der Waals surface area contributed by atoms with E-state index in [4.69, 9.17) is 9.16 Å². The molecule has 1 aliphatic heterocycles. The molecule has 1 saturated heterocycles. The molecule has 0 amide bonds. The van der Waals surface area contributed by atoms with Gasteiger partial charge in [-0.2, -0.15) is 0 Å². The average molecular weight is 479 g/mol. The highest BCUT2D eigenvalue weighted by molar-refractivity contribution is 9.10. The zero-order valence-corrected chi connectivity index (χ0v) is 20.7. The summed E-state index contributed by atoms with van der Waals surface area (Å²) in [5, 5.41) is 0. The molecule has 1 heterocycles. The van der Waals surface area contributed by atoms with E-state index in [2.05, 4.69) is 63.5 Å². The molecule has 158 valence electrons. The summed E-state index contributed by atoms with van der Waals surface area (Å²) in [6.07, 6.45) is 2.53. The van der Waals surface area contributed by atoms with Gasteiger partial charge in [0.05, 0.1) is 17.6 Å². The highest BCUT2D eigenvalue weighted by Gasteiger charge is 2.53. The molecule has 1 aliphatic carbocycles. The number of hydrogen-bond acceptors (Lipinski definition) is 4. The van der Waals surface area contributed by atoms with E-state index in [1.807, 2.05) is 24.3 Å². The van der Waals surface area contributed by atoms with Gasteiger partial charge in [-0.1, -0.05) is 69.6 Å². The number of rotatable bonds is 6. The van der Waals surface area contributed by atoms with Gasteiger partial charge in [0.15, 0.2) is 0 Å². The summed E-state index contributed by atoms with van der Waals surface area (Å²) in [6.45, 7) is 13.5. The number of ether oxygens (including phenoxy) is 1. The van der Waals surface area contributed by atoms with Crippen LogP contribution in [0.25, 0.3) is 0 Å². The number of fused-ring (bicyclic) bond motifs is 1. The third kappa shape index (κ3) is 3.98. The minimum absolute atomic E-state index is 0.214. The second kappa shape index (κ2) is 8.38. The number of esters is 2. The number of benzene rings is 1. The summed E-state index contributed by atoms with van der Waals surface area (Å²) in [5.74, 6) is -1.12. The molecule has 0 bridgehead atoms. The van der Waals surface area contributed by atoms with Gasteiger partial charge in [-0.15, -0.1) is 0 Å². The van der Waals surface area contributed by atoms with Crippen molar-refractivity contribution < 1.29 is 18.8 Å². The number of halogens is 1. The lowest BCUT2D eigenvalue weighted by molar-refractivity contribution is -0.153. The van der Waals surface area contributed by atoms with Crippen molar-refractivity contribution >= 4 is 36.2 Å². The molecule has 6 heteroatoms. The molecule has 3 rings (SSSR count). The minimum Gasteiger partial charge on any atom is -0.546 e. The molecule has 0 aromatic heterocycles. The first-order valence-electron chi connectivity index (χ1n) is 10.5. The van der Waals surface area contributed by atoms with E-state index in [1.165, 1.54) is 0 Å². The summed E-state index contributed by atoms with van der Waals surface area (Å²) < 4.78 is 12.9. The summed E-state index contributed by atoms with van der Waals surface area (Å²) in [7, 11) is -2.15. The molecule has 0 saturated carbocycles. The second-order valence-electron chi connectivity index (χ2n) is 9.21. The molecular weight excluding hydrogens is 448 g/mol. The van der Waals surface area contributed by atoms with Crippen molar-refractivity contribution in [3.8, 4) is 0 Å². The summed E-state index contributed by atoms with van der Waals surface area (Å²) in [6, 6.07) is 7.92. The van der Waals surface area contributed by atoms with Gasteiger partial charge in [0.1, 0.15) is 0 Å². The monoisotopic (exact) mass is 478 g/mol. The van der Waals surface area contributed by atoms with Crippen LogP contribution in [0.4, 0.5) is 0 Å². The fourth-order valence-corrected chi connectivity index (χ4v) is 11.0. The Morgan fingerprint density at radius 3 is 2.03 bits per heavy atom. The van der Waals surface area contributed by atoms with Crippen LogP contribution in [0.15, 0.2) is 40.6 Å². The normalized spacial score (nSPS) is 24.8. The summed E-state index contributed by atoms with van der Waals surface area (Å²) in [4.78, 5) is 24.9. The van der Waals surface area contributed by atoms with Crippen molar-refractivity contribution in [2.75, 3.05) is 0 Å². The number of allylic oxidation sites excluding steroid dienone is 2. The third-order valence-corrected chi connectivity index (χ3v) is 13.2. The van der Waals surface area contributed by atoms with Gasteiger partial charge in [0.2, 0.25) is 0 Å². The highest BCUT2D eigenvalue weighted by atomic mass is 79.9. The van der Waals surface area contributed by atoms with E-state index in [1.54, 1.807) is 0 Å². The largest absolute Gasteiger partial charge is 0.546 e. The predicted octanol–water partition coefficient (Wildman–Crippen LogP) is 6.33. The van der Waals surface area contributed by atoms with E-state index < -0.39 is 32.1 Å². The average Bonchev–Trinajstić information content (AvgIpc) is 2.93. The first kappa shape index (κ1) is 22.3. The van der Waals surface area contributed by atoms with Gasteiger partial charge in [0, 0.05) is 16.8 Å². The van der Waals surface area contributed by atoms with Gasteiger partial charge < -0.3 is 9.16 Å². The van der Waals surface area contributed by atoms with Crippen LogP contribution in [-0.2, 0) is 18.8 Å². The van der Waals surface area contributed by atoms with Crippen LogP contribution < -0.4 is 0 Å². The van der Waals surface area contributed by atoms with Crippen LogP contribution in [0.5, 0.6) is 0 Å². The maximum absolute atomic E-state index is 12.5. The fraction of sp³-hybridized carbons (Fsp3) is 0.565. The number of hydrogen-bond donors (Lipinski definition) is 0. The van der Waals surface area contributed by atoms with Crippen molar-refractivity contribution in [3.63, 3.8) is 0 Å². The molecule has 3 atom stereocenters. The Kier molecular flexibility index (Phi) is 6.44. The Bertz CT molecular complexity index is 791. The predicted molar refractivity (Wildman–Crippen MR) is 120 cm³/mol. The van der Waals surface area contributed by atoms with Crippen LogP contribution in [0.2, 0.25) is 16.6 Å². The number of carbonyl (C=O) groups excluding carboxylic acids is 2. The molecule has 1 aromatic rings. The number of carbonyl (C=O) groups is 2. The van der Waals surface area contributed by atoms with Gasteiger partial charge in [-0.05, 0) is 40.4 Å². The van der Waals surface area contributed by atoms with Crippen molar-refractivity contribution in [1.29, 1.82) is 0 Å². The standard InChI is InChI=1S/C23H31BrO4Si/c1-13(2)29(14(3)4,15(5)6)28-18-11-19(16-7-9-17(24)10-8-16)21-20(12-18)22(25)27-23(21)26/h7-11,13-15,19-21H,12H2,1-6H3/t19-,20-,21+/m1/s1. The van der Waals surface area contributed by atoms with Gasteiger partial charge in [0.25, 0.3) is 8.32 Å². The van der Waals surface area contributed by atoms with Crippen LogP contribution >= 0.6 is 15.9 Å². The SMILES string of the molecule is CC(C)[Si](OC1=C[C@H](c2ccc(Br)cc2)[C@@H]2C(=O)OC(=O)[C@@H]2C1)(C(C)C)C(C)C.